The monoisotopic (exact) mass is 613 g/mol. The Kier molecular flexibility index (Phi) is 8.88. The fourth-order valence-corrected chi connectivity index (χ4v) is 5.32. The number of halogens is 3. The van der Waals surface area contributed by atoms with E-state index in [1.807, 2.05) is 11.8 Å². The summed E-state index contributed by atoms with van der Waals surface area (Å²) < 4.78 is 2.30. The molecular weight excluding hydrogens is 590 g/mol. The minimum absolute atomic E-state index is 0.440. The van der Waals surface area contributed by atoms with Gasteiger partial charge in [0.25, 0.3) is 0 Å². The number of hydrogen-bond acceptors (Lipinski definition) is 1. The first kappa shape index (κ1) is 22.6. The van der Waals surface area contributed by atoms with Gasteiger partial charge in [-0.05, 0) is 31.9 Å². The number of thioether (sulfide) groups is 1. The maximum atomic E-state index is 4.95. The Morgan fingerprint density at radius 3 is 2.08 bits per heavy atom. The average Bonchev–Trinajstić information content (AvgIpc) is 2.52. The molecule has 26 heavy (non-hydrogen) atoms. The van der Waals surface area contributed by atoms with Crippen molar-refractivity contribution in [2.24, 2.45) is 11.8 Å². The molecule has 1 heterocycles. The molecule has 3 unspecified atom stereocenters. The zero-order valence-electron chi connectivity index (χ0n) is 15.6. The topological polar surface area (TPSA) is 3.01 Å². The first-order valence-electron chi connectivity index (χ1n) is 8.30. The first-order valence-corrected chi connectivity index (χ1v) is 17.2. The molecular formula is C20H25AuCl3NS. The van der Waals surface area contributed by atoms with Crippen LogP contribution in [0.5, 0.6) is 0 Å². The van der Waals surface area contributed by atoms with Gasteiger partial charge in [-0.2, -0.15) is 0 Å². The summed E-state index contributed by atoms with van der Waals surface area (Å²) in [5.74, 6) is 1.01. The van der Waals surface area contributed by atoms with Crippen molar-refractivity contribution >= 4 is 44.4 Å². The van der Waals surface area contributed by atoms with Crippen LogP contribution in [0.3, 0.4) is 0 Å². The van der Waals surface area contributed by atoms with Gasteiger partial charge >= 0.3 is 42.8 Å². The third-order valence-corrected chi connectivity index (χ3v) is 6.10. The standard InChI is InChI=1S/C20H25NS.Au.3ClH/c1-13-10-14(2)19(15(3)11-13)18-12-16-8-6-7-9-17(16)20(22-18)21(4)5;;;;/h6-12,16-18H,1-5H3;;3*1H/q;+3;;;/p-3. The molecule has 6 heteroatoms. The first-order chi connectivity index (χ1) is 12.2. The molecule has 148 valence electrons. The van der Waals surface area contributed by atoms with Gasteiger partial charge in [0.1, 0.15) is 14.1 Å². The van der Waals surface area contributed by atoms with E-state index in [0.29, 0.717) is 17.1 Å². The molecule has 1 aliphatic heterocycles. The van der Waals surface area contributed by atoms with E-state index in [1.54, 1.807) is 0 Å². The van der Waals surface area contributed by atoms with Gasteiger partial charge in [0.05, 0.1) is 0 Å². The molecule has 1 aromatic carbocycles. The molecule has 3 atom stereocenters. The van der Waals surface area contributed by atoms with E-state index in [2.05, 4.69) is 82.3 Å². The fraction of sp³-hybridized carbons (Fsp3) is 0.400. The molecule has 2 aliphatic rings. The number of allylic oxidation sites excluding steroid dienone is 4. The Labute approximate surface area is 180 Å². The van der Waals surface area contributed by atoms with E-state index in [0.717, 1.165) is 0 Å². The SMILES string of the molecule is Cc1cc(C)c(C2[CH-]C3C=CC=CC3C(=[N+](C)C)S2)c(C)c1.[Cl][Au]([Cl])[Cl]. The predicted molar refractivity (Wildman–Crippen MR) is 115 cm³/mol. The van der Waals surface area contributed by atoms with Crippen molar-refractivity contribution in [1.29, 1.82) is 0 Å². The third kappa shape index (κ3) is 5.91. The number of hydrogen-bond donors (Lipinski definition) is 0. The van der Waals surface area contributed by atoms with Crippen molar-refractivity contribution in [3.8, 4) is 0 Å². The van der Waals surface area contributed by atoms with Crippen molar-refractivity contribution < 1.29 is 19.8 Å². The zero-order valence-corrected chi connectivity index (χ0v) is 20.8. The van der Waals surface area contributed by atoms with E-state index in [-0.39, 0.29) is 0 Å². The summed E-state index contributed by atoms with van der Waals surface area (Å²) in [7, 11) is 19.2. The normalized spacial score (nSPS) is 24.5. The molecule has 1 fully saturated rings. The Morgan fingerprint density at radius 2 is 1.54 bits per heavy atom. The van der Waals surface area contributed by atoms with Crippen LogP contribution in [0.2, 0.25) is 0 Å². The molecule has 1 saturated heterocycles. The van der Waals surface area contributed by atoms with Gasteiger partial charge < -0.3 is 6.42 Å². The zero-order chi connectivity index (χ0) is 19.4. The van der Waals surface area contributed by atoms with Gasteiger partial charge in [0.2, 0.25) is 5.04 Å². The Morgan fingerprint density at radius 1 is 1.00 bits per heavy atom. The van der Waals surface area contributed by atoms with Crippen LogP contribution in [0.4, 0.5) is 0 Å². The van der Waals surface area contributed by atoms with Crippen LogP contribution < -0.4 is 0 Å². The molecule has 0 bridgehead atoms. The molecule has 0 saturated carbocycles. The summed E-state index contributed by atoms with van der Waals surface area (Å²) in [6.07, 6.45) is 11.6. The van der Waals surface area contributed by atoms with Crippen molar-refractivity contribution in [2.45, 2.75) is 26.0 Å². The van der Waals surface area contributed by atoms with Crippen LogP contribution in [0, 0.1) is 39.0 Å². The number of aryl methyl sites for hydroxylation is 3. The molecule has 1 aliphatic carbocycles. The van der Waals surface area contributed by atoms with Gasteiger partial charge in [0.15, 0.2) is 0 Å². The van der Waals surface area contributed by atoms with Crippen molar-refractivity contribution in [3.05, 3.63) is 65.1 Å². The Bertz CT molecular complexity index is 713. The minimum atomic E-state index is -1.79. The second kappa shape index (κ2) is 10.2. The van der Waals surface area contributed by atoms with Crippen LogP contribution in [-0.2, 0) is 15.2 Å². The second-order valence-corrected chi connectivity index (χ2v) is 17.3. The molecule has 0 N–H and O–H groups in total. The van der Waals surface area contributed by atoms with Gasteiger partial charge in [-0.25, -0.2) is 4.58 Å². The van der Waals surface area contributed by atoms with Crippen molar-refractivity contribution in [2.75, 3.05) is 14.1 Å². The van der Waals surface area contributed by atoms with Crippen LogP contribution in [0.1, 0.15) is 27.5 Å². The van der Waals surface area contributed by atoms with Crippen molar-refractivity contribution in [1.82, 2.24) is 0 Å². The number of nitrogens with zero attached hydrogens (tertiary/aromatic N) is 1. The van der Waals surface area contributed by atoms with E-state index in [9.17, 15) is 0 Å². The van der Waals surface area contributed by atoms with Crippen LogP contribution in [0.25, 0.3) is 0 Å². The van der Waals surface area contributed by atoms with E-state index in [1.165, 1.54) is 27.3 Å². The summed E-state index contributed by atoms with van der Waals surface area (Å²) in [5.41, 5.74) is 5.68. The quantitative estimate of drug-likeness (QED) is 0.193. The molecule has 0 radical (unpaired) electrons. The molecule has 1 aromatic rings. The number of rotatable bonds is 1. The fourth-order valence-electron chi connectivity index (χ4n) is 3.70. The maximum absolute atomic E-state index is 4.95. The van der Waals surface area contributed by atoms with E-state index >= 15 is 0 Å². The number of benzene rings is 1. The molecule has 0 aromatic heterocycles. The average molecular weight is 615 g/mol. The van der Waals surface area contributed by atoms with Gasteiger partial charge in [0, 0.05) is 5.92 Å². The van der Waals surface area contributed by atoms with Gasteiger partial charge in [-0.15, -0.1) is 12.0 Å². The van der Waals surface area contributed by atoms with Gasteiger partial charge in [-0.3, -0.25) is 0 Å². The summed E-state index contributed by atoms with van der Waals surface area (Å²) in [6, 6.07) is 4.63. The molecule has 3 rings (SSSR count). The summed E-state index contributed by atoms with van der Waals surface area (Å²) in [5, 5.41) is 1.91. The van der Waals surface area contributed by atoms with E-state index < -0.39 is 15.2 Å². The predicted octanol–water partition coefficient (Wildman–Crippen LogP) is 6.70. The van der Waals surface area contributed by atoms with Crippen LogP contribution in [0.15, 0.2) is 36.4 Å². The van der Waals surface area contributed by atoms with E-state index in [4.69, 9.17) is 27.6 Å². The number of fused-ring (bicyclic) bond motifs is 1. The molecule has 1 nitrogen and oxygen atoms in total. The van der Waals surface area contributed by atoms with Crippen LogP contribution in [-0.4, -0.2) is 23.7 Å². The third-order valence-electron chi connectivity index (χ3n) is 4.57. The molecule has 0 amide bonds. The second-order valence-electron chi connectivity index (χ2n) is 6.78. The summed E-state index contributed by atoms with van der Waals surface area (Å²) in [6.45, 7) is 6.69. The summed E-state index contributed by atoms with van der Waals surface area (Å²) in [4.78, 5) is 0. The summed E-state index contributed by atoms with van der Waals surface area (Å²) >= 11 is 0.227. The van der Waals surface area contributed by atoms with Crippen molar-refractivity contribution in [3.63, 3.8) is 0 Å². The Hall–Kier alpha value is 0.330. The Balaban J connectivity index is 0.000000552. The molecule has 0 spiro atoms. The van der Waals surface area contributed by atoms with Crippen LogP contribution >= 0.6 is 39.3 Å². The van der Waals surface area contributed by atoms with Gasteiger partial charge in [-0.1, -0.05) is 58.5 Å².